The van der Waals surface area contributed by atoms with Gasteiger partial charge in [0.15, 0.2) is 5.69 Å². The average molecular weight is 352 g/mol. The molecule has 132 valence electrons. The van der Waals surface area contributed by atoms with Crippen LogP contribution < -0.4 is 10.1 Å². The summed E-state index contributed by atoms with van der Waals surface area (Å²) < 4.78 is 18.1. The lowest BCUT2D eigenvalue weighted by atomic mass is 10.1. The van der Waals surface area contributed by atoms with Crippen molar-refractivity contribution in [2.45, 2.75) is 6.42 Å². The number of hydrogen-bond donors (Lipinski definition) is 2. The van der Waals surface area contributed by atoms with Crippen molar-refractivity contribution in [3.8, 4) is 5.75 Å². The van der Waals surface area contributed by atoms with Crippen molar-refractivity contribution in [1.82, 2.24) is 4.98 Å². The number of halogens is 1. The molecule has 0 bridgehead atoms. The number of nitrogens with zero attached hydrogens (tertiary/aromatic N) is 1. The van der Waals surface area contributed by atoms with E-state index in [2.05, 4.69) is 10.3 Å². The zero-order chi connectivity index (χ0) is 18.5. The molecular weight excluding hydrogens is 335 g/mol. The van der Waals surface area contributed by atoms with Gasteiger partial charge in [-0.15, -0.1) is 0 Å². The van der Waals surface area contributed by atoms with Crippen LogP contribution in [-0.2, 0) is 6.42 Å². The number of aromatic carboxylic acids is 1. The van der Waals surface area contributed by atoms with Crippen LogP contribution in [0.4, 0.5) is 15.8 Å². The summed E-state index contributed by atoms with van der Waals surface area (Å²) in [5.41, 5.74) is 2.77. The van der Waals surface area contributed by atoms with Gasteiger partial charge in [0.2, 0.25) is 0 Å². The number of carboxylic acids is 1. The third-order valence-electron chi connectivity index (χ3n) is 3.84. The minimum Gasteiger partial charge on any atom is -0.497 e. The van der Waals surface area contributed by atoms with E-state index in [4.69, 9.17) is 4.74 Å². The Hall–Kier alpha value is -3.41. The molecule has 0 fully saturated rings. The lowest BCUT2D eigenvalue weighted by Gasteiger charge is -2.12. The number of methoxy groups -OCH3 is 1. The van der Waals surface area contributed by atoms with E-state index in [1.54, 1.807) is 49.6 Å². The molecule has 0 unspecified atom stereocenters. The number of rotatable bonds is 6. The van der Waals surface area contributed by atoms with E-state index in [-0.39, 0.29) is 11.5 Å². The zero-order valence-corrected chi connectivity index (χ0v) is 14.1. The van der Waals surface area contributed by atoms with Crippen LogP contribution in [0.2, 0.25) is 0 Å². The van der Waals surface area contributed by atoms with Gasteiger partial charge >= 0.3 is 5.97 Å². The van der Waals surface area contributed by atoms with E-state index in [0.717, 1.165) is 11.1 Å². The lowest BCUT2D eigenvalue weighted by Crippen LogP contribution is -2.07. The standard InChI is InChI=1S/C20H17FN2O3/c1-26-17-8-6-16(7-9-17)23-18-11-14(12-22-19(18)20(24)25)10-13-2-4-15(21)5-3-13/h2-9,11-12,23H,10H2,1H3,(H,24,25). The van der Waals surface area contributed by atoms with Crippen molar-refractivity contribution in [2.24, 2.45) is 0 Å². The number of anilines is 2. The maximum atomic E-state index is 13.0. The van der Waals surface area contributed by atoms with Crippen LogP contribution in [0, 0.1) is 5.82 Å². The van der Waals surface area contributed by atoms with Gasteiger partial charge in [-0.3, -0.25) is 0 Å². The topological polar surface area (TPSA) is 71.5 Å². The monoisotopic (exact) mass is 352 g/mol. The summed E-state index contributed by atoms with van der Waals surface area (Å²) >= 11 is 0. The number of carbonyl (C=O) groups is 1. The Morgan fingerprint density at radius 2 is 1.81 bits per heavy atom. The second-order valence-electron chi connectivity index (χ2n) is 5.70. The number of nitrogens with one attached hydrogen (secondary N) is 1. The van der Waals surface area contributed by atoms with Gasteiger partial charge in [0, 0.05) is 11.9 Å². The summed E-state index contributed by atoms with van der Waals surface area (Å²) in [5, 5.41) is 12.5. The molecule has 0 spiro atoms. The fourth-order valence-electron chi connectivity index (χ4n) is 2.54. The van der Waals surface area contributed by atoms with Gasteiger partial charge in [0.25, 0.3) is 0 Å². The highest BCUT2D eigenvalue weighted by Gasteiger charge is 2.13. The summed E-state index contributed by atoms with van der Waals surface area (Å²) in [4.78, 5) is 15.5. The minimum absolute atomic E-state index is 0.0660. The van der Waals surface area contributed by atoms with Crippen molar-refractivity contribution in [3.63, 3.8) is 0 Å². The van der Waals surface area contributed by atoms with Gasteiger partial charge in [0.1, 0.15) is 11.6 Å². The molecule has 3 aromatic rings. The molecule has 2 N–H and O–H groups in total. The highest BCUT2D eigenvalue weighted by molar-refractivity contribution is 5.93. The Kier molecular flexibility index (Phi) is 5.12. The summed E-state index contributed by atoms with van der Waals surface area (Å²) in [6.07, 6.45) is 2.04. The largest absolute Gasteiger partial charge is 0.497 e. The quantitative estimate of drug-likeness (QED) is 0.693. The van der Waals surface area contributed by atoms with Gasteiger partial charge in [-0.1, -0.05) is 12.1 Å². The first kappa shape index (κ1) is 17.4. The molecule has 0 saturated heterocycles. The fraction of sp³-hybridized carbons (Fsp3) is 0.100. The first-order chi connectivity index (χ1) is 12.5. The third-order valence-corrected chi connectivity index (χ3v) is 3.84. The second kappa shape index (κ2) is 7.65. The second-order valence-corrected chi connectivity index (χ2v) is 5.70. The smallest absolute Gasteiger partial charge is 0.356 e. The summed E-state index contributed by atoms with van der Waals surface area (Å²) in [6, 6.07) is 15.0. The molecule has 5 nitrogen and oxygen atoms in total. The number of hydrogen-bond acceptors (Lipinski definition) is 4. The van der Waals surface area contributed by atoms with Gasteiger partial charge < -0.3 is 15.2 Å². The summed E-state index contributed by atoms with van der Waals surface area (Å²) in [6.45, 7) is 0. The third kappa shape index (κ3) is 4.16. The highest BCUT2D eigenvalue weighted by atomic mass is 19.1. The SMILES string of the molecule is COc1ccc(Nc2cc(Cc3ccc(F)cc3)cnc2C(=O)O)cc1. The Balaban J connectivity index is 1.88. The normalized spacial score (nSPS) is 10.4. The zero-order valence-electron chi connectivity index (χ0n) is 14.1. The number of pyridine rings is 1. The molecule has 3 rings (SSSR count). The van der Waals surface area contributed by atoms with E-state index >= 15 is 0 Å². The predicted octanol–water partition coefficient (Wildman–Crippen LogP) is 4.26. The van der Waals surface area contributed by atoms with Crippen LogP contribution in [0.3, 0.4) is 0 Å². The van der Waals surface area contributed by atoms with Gasteiger partial charge in [0.05, 0.1) is 12.8 Å². The van der Waals surface area contributed by atoms with Crippen LogP contribution in [0.5, 0.6) is 5.75 Å². The highest BCUT2D eigenvalue weighted by Crippen LogP contribution is 2.24. The molecule has 6 heteroatoms. The summed E-state index contributed by atoms with van der Waals surface area (Å²) in [7, 11) is 1.58. The molecule has 0 aliphatic rings. The molecule has 0 atom stereocenters. The van der Waals surface area contributed by atoms with Crippen molar-refractivity contribution in [2.75, 3.05) is 12.4 Å². The maximum absolute atomic E-state index is 13.0. The van der Waals surface area contributed by atoms with Crippen LogP contribution in [0.15, 0.2) is 60.8 Å². The van der Waals surface area contributed by atoms with Gasteiger partial charge in [-0.05, 0) is 60.0 Å². The van der Waals surface area contributed by atoms with Crippen LogP contribution in [0.25, 0.3) is 0 Å². The van der Waals surface area contributed by atoms with Gasteiger partial charge in [-0.2, -0.15) is 0 Å². The van der Waals surface area contributed by atoms with Gasteiger partial charge in [-0.25, -0.2) is 14.2 Å². The minimum atomic E-state index is -1.12. The first-order valence-corrected chi connectivity index (χ1v) is 7.93. The Bertz CT molecular complexity index is 909. The first-order valence-electron chi connectivity index (χ1n) is 7.93. The van der Waals surface area contributed by atoms with E-state index in [0.29, 0.717) is 23.5 Å². The maximum Gasteiger partial charge on any atom is 0.356 e. The molecule has 2 aromatic carbocycles. The number of aromatic nitrogens is 1. The Morgan fingerprint density at radius 3 is 2.42 bits per heavy atom. The molecule has 0 aliphatic heterocycles. The Labute approximate surface area is 150 Å². The molecule has 0 amide bonds. The van der Waals surface area contributed by atoms with E-state index < -0.39 is 5.97 Å². The molecule has 0 aliphatic carbocycles. The van der Waals surface area contributed by atoms with E-state index in [1.807, 2.05) is 0 Å². The molecule has 0 radical (unpaired) electrons. The molecule has 1 heterocycles. The molecular formula is C20H17FN2O3. The fourth-order valence-corrected chi connectivity index (χ4v) is 2.54. The van der Waals surface area contributed by atoms with Crippen molar-refractivity contribution < 1.29 is 19.0 Å². The summed E-state index contributed by atoms with van der Waals surface area (Å²) in [5.74, 6) is -0.707. The molecule has 26 heavy (non-hydrogen) atoms. The van der Waals surface area contributed by atoms with Crippen molar-refractivity contribution in [3.05, 3.63) is 83.4 Å². The number of carboxylic acid groups (broad SMARTS) is 1. The van der Waals surface area contributed by atoms with Crippen molar-refractivity contribution >= 4 is 17.3 Å². The number of ether oxygens (including phenoxy) is 1. The van der Waals surface area contributed by atoms with Crippen molar-refractivity contribution in [1.29, 1.82) is 0 Å². The van der Waals surface area contributed by atoms with Crippen LogP contribution in [0.1, 0.15) is 21.6 Å². The lowest BCUT2D eigenvalue weighted by molar-refractivity contribution is 0.0691. The molecule has 1 aromatic heterocycles. The average Bonchev–Trinajstić information content (AvgIpc) is 2.64. The van der Waals surface area contributed by atoms with Crippen LogP contribution in [-0.4, -0.2) is 23.2 Å². The number of benzene rings is 2. The Morgan fingerprint density at radius 1 is 1.12 bits per heavy atom. The van der Waals surface area contributed by atoms with E-state index in [1.165, 1.54) is 18.3 Å². The van der Waals surface area contributed by atoms with E-state index in [9.17, 15) is 14.3 Å². The molecule has 0 saturated carbocycles. The predicted molar refractivity (Wildman–Crippen MR) is 96.7 cm³/mol. The van der Waals surface area contributed by atoms with Crippen LogP contribution >= 0.6 is 0 Å².